The minimum Gasteiger partial charge on any atom is -0.362 e. The number of thiophene rings is 1. The van der Waals surface area contributed by atoms with Gasteiger partial charge in [0.15, 0.2) is 5.69 Å². The lowest BCUT2D eigenvalue weighted by molar-refractivity contribution is -0.141. The fraction of sp³-hybridized carbons (Fsp3) is 0.200. The molecule has 0 bridgehead atoms. The number of aromatic nitrogens is 1. The third-order valence-corrected chi connectivity index (χ3v) is 5.63. The van der Waals surface area contributed by atoms with Gasteiger partial charge >= 0.3 is 6.18 Å². The first-order valence-electron chi connectivity index (χ1n) is 8.63. The summed E-state index contributed by atoms with van der Waals surface area (Å²) < 4.78 is 40.0. The zero-order valence-corrected chi connectivity index (χ0v) is 15.6. The molecule has 0 saturated heterocycles. The van der Waals surface area contributed by atoms with E-state index in [0.717, 1.165) is 11.6 Å². The number of pyridine rings is 1. The fourth-order valence-corrected chi connectivity index (χ4v) is 3.98. The van der Waals surface area contributed by atoms with E-state index in [1.807, 2.05) is 37.3 Å². The monoisotopic (exact) mass is 403 g/mol. The summed E-state index contributed by atoms with van der Waals surface area (Å²) in [6.45, 7) is 1.95. The summed E-state index contributed by atoms with van der Waals surface area (Å²) in [4.78, 5) is 16.9. The Bertz CT molecular complexity index is 1000. The van der Waals surface area contributed by atoms with Gasteiger partial charge in [-0.25, -0.2) is 4.98 Å². The normalized spacial score (nSPS) is 17.4. The highest BCUT2D eigenvalue weighted by atomic mass is 32.1. The van der Waals surface area contributed by atoms with Crippen LogP contribution in [0.2, 0.25) is 0 Å². The van der Waals surface area contributed by atoms with Crippen molar-refractivity contribution >= 4 is 22.9 Å². The van der Waals surface area contributed by atoms with E-state index in [4.69, 9.17) is 0 Å². The van der Waals surface area contributed by atoms with E-state index in [0.29, 0.717) is 16.1 Å². The van der Waals surface area contributed by atoms with Gasteiger partial charge < -0.3 is 10.6 Å². The van der Waals surface area contributed by atoms with Crippen LogP contribution in [0.4, 0.5) is 18.9 Å². The molecule has 0 fully saturated rings. The summed E-state index contributed by atoms with van der Waals surface area (Å²) in [5.74, 6) is -0.720. The molecule has 0 unspecified atom stereocenters. The maximum Gasteiger partial charge on any atom is 0.433 e. The Balaban J connectivity index is 1.80. The van der Waals surface area contributed by atoms with Crippen LogP contribution in [-0.4, -0.2) is 17.1 Å². The Labute approximate surface area is 163 Å². The summed E-state index contributed by atoms with van der Waals surface area (Å²) in [5.41, 5.74) is 0.330. The molecular formula is C20H16F3N3OS. The summed E-state index contributed by atoms with van der Waals surface area (Å²) in [6, 6.07) is 14.1. The number of hydrogen-bond acceptors (Lipinski definition) is 4. The molecular weight excluding hydrogens is 387 g/mol. The molecule has 0 spiro atoms. The Morgan fingerprint density at radius 3 is 2.50 bits per heavy atom. The van der Waals surface area contributed by atoms with Gasteiger partial charge in [0, 0.05) is 16.4 Å². The number of rotatable bonds is 3. The second kappa shape index (κ2) is 6.94. The summed E-state index contributed by atoms with van der Waals surface area (Å²) in [7, 11) is 0. The number of halogens is 3. The van der Waals surface area contributed by atoms with Crippen molar-refractivity contribution < 1.29 is 18.0 Å². The van der Waals surface area contributed by atoms with Crippen molar-refractivity contribution in [3.05, 3.63) is 70.9 Å². The minimum absolute atomic E-state index is 0.100. The van der Waals surface area contributed by atoms with Gasteiger partial charge in [-0.3, -0.25) is 4.79 Å². The number of alkyl halides is 3. The highest BCUT2D eigenvalue weighted by Crippen LogP contribution is 2.40. The smallest absolute Gasteiger partial charge is 0.362 e. The van der Waals surface area contributed by atoms with Crippen LogP contribution in [0.1, 0.15) is 34.6 Å². The molecule has 8 heteroatoms. The van der Waals surface area contributed by atoms with Crippen LogP contribution < -0.4 is 10.6 Å². The number of benzene rings is 1. The molecule has 4 nitrogen and oxygen atoms in total. The van der Waals surface area contributed by atoms with Gasteiger partial charge in [0.2, 0.25) is 0 Å². The molecule has 2 atom stereocenters. The van der Waals surface area contributed by atoms with Crippen LogP contribution in [0.15, 0.2) is 53.9 Å². The molecule has 1 aromatic carbocycles. The van der Waals surface area contributed by atoms with Gasteiger partial charge in [0.25, 0.3) is 5.91 Å². The average molecular weight is 403 g/mol. The maximum absolute atomic E-state index is 13.3. The molecule has 0 radical (unpaired) electrons. The quantitative estimate of drug-likeness (QED) is 0.639. The van der Waals surface area contributed by atoms with Crippen molar-refractivity contribution in [1.29, 1.82) is 0 Å². The van der Waals surface area contributed by atoms with E-state index < -0.39 is 23.9 Å². The van der Waals surface area contributed by atoms with Crippen LogP contribution in [-0.2, 0) is 6.18 Å². The Morgan fingerprint density at radius 1 is 1.11 bits per heavy atom. The van der Waals surface area contributed by atoms with Crippen molar-refractivity contribution in [3.63, 3.8) is 0 Å². The second-order valence-corrected chi connectivity index (χ2v) is 7.50. The first-order valence-corrected chi connectivity index (χ1v) is 9.51. The molecule has 0 aliphatic carbocycles. The average Bonchev–Trinajstić information content (AvgIpc) is 3.21. The summed E-state index contributed by atoms with van der Waals surface area (Å²) in [6.07, 6.45) is -5.12. The van der Waals surface area contributed by atoms with E-state index in [-0.39, 0.29) is 11.6 Å². The second-order valence-electron chi connectivity index (χ2n) is 6.55. The largest absolute Gasteiger partial charge is 0.433 e. The third kappa shape index (κ3) is 3.35. The number of carbonyl (C=O) groups is 1. The fourth-order valence-electron chi connectivity index (χ4n) is 3.23. The molecule has 2 N–H and O–H groups in total. The number of nitrogens with zero attached hydrogens (tertiary/aromatic N) is 1. The highest BCUT2D eigenvalue weighted by molar-refractivity contribution is 7.13. The Hall–Kier alpha value is -2.87. The zero-order valence-electron chi connectivity index (χ0n) is 14.7. The lowest BCUT2D eigenvalue weighted by Crippen LogP contribution is -2.48. The molecule has 1 aliphatic rings. The van der Waals surface area contributed by atoms with Gasteiger partial charge in [-0.1, -0.05) is 43.3 Å². The van der Waals surface area contributed by atoms with Crippen molar-refractivity contribution in [3.8, 4) is 10.4 Å². The van der Waals surface area contributed by atoms with Gasteiger partial charge in [0.05, 0.1) is 5.69 Å². The molecule has 1 aliphatic heterocycles. The van der Waals surface area contributed by atoms with Gasteiger partial charge in [-0.05, 0) is 23.1 Å². The predicted molar refractivity (Wildman–Crippen MR) is 102 cm³/mol. The van der Waals surface area contributed by atoms with Crippen molar-refractivity contribution in [2.24, 2.45) is 0 Å². The molecule has 0 saturated carbocycles. The number of fused-ring (bicyclic) bond motifs is 1. The highest BCUT2D eigenvalue weighted by Gasteiger charge is 2.38. The predicted octanol–water partition coefficient (Wildman–Crippen LogP) is 5.11. The lowest BCUT2D eigenvalue weighted by Gasteiger charge is -2.33. The van der Waals surface area contributed by atoms with Gasteiger partial charge in [0.1, 0.15) is 11.9 Å². The van der Waals surface area contributed by atoms with E-state index in [2.05, 4.69) is 15.6 Å². The molecule has 3 aromatic rings. The van der Waals surface area contributed by atoms with Crippen LogP contribution in [0, 0.1) is 0 Å². The molecule has 2 aromatic heterocycles. The third-order valence-electron chi connectivity index (χ3n) is 4.72. The van der Waals surface area contributed by atoms with Crippen molar-refractivity contribution in [2.75, 3.05) is 5.32 Å². The molecule has 4 rings (SSSR count). The van der Waals surface area contributed by atoms with E-state index >= 15 is 0 Å². The van der Waals surface area contributed by atoms with Gasteiger partial charge in [-0.15, -0.1) is 11.3 Å². The lowest BCUT2D eigenvalue weighted by atomic mass is 9.95. The van der Waals surface area contributed by atoms with Crippen LogP contribution in [0.5, 0.6) is 0 Å². The maximum atomic E-state index is 13.3. The molecule has 3 heterocycles. The Kier molecular flexibility index (Phi) is 4.58. The zero-order chi connectivity index (χ0) is 19.9. The summed E-state index contributed by atoms with van der Waals surface area (Å²) >= 11 is 1.31. The molecule has 28 heavy (non-hydrogen) atoms. The number of anilines is 1. The first kappa shape index (κ1) is 18.5. The van der Waals surface area contributed by atoms with Crippen LogP contribution in [0.25, 0.3) is 10.4 Å². The van der Waals surface area contributed by atoms with Crippen LogP contribution >= 0.6 is 11.3 Å². The van der Waals surface area contributed by atoms with Crippen molar-refractivity contribution in [1.82, 2.24) is 10.3 Å². The number of amides is 1. The number of hydrogen-bond donors (Lipinski definition) is 2. The van der Waals surface area contributed by atoms with Crippen LogP contribution in [0.3, 0.4) is 0 Å². The Morgan fingerprint density at radius 2 is 1.86 bits per heavy atom. The minimum atomic E-state index is -4.64. The SMILES string of the molecule is C[C@@H](c1ccccc1)[C@H]1NC(=O)c2nc(C(F)(F)F)cc(-c3cccs3)c2N1. The summed E-state index contributed by atoms with van der Waals surface area (Å²) in [5, 5.41) is 7.73. The topological polar surface area (TPSA) is 54.0 Å². The van der Waals surface area contributed by atoms with Gasteiger partial charge in [-0.2, -0.15) is 13.2 Å². The molecule has 144 valence electrons. The number of carbonyl (C=O) groups excluding carboxylic acids is 1. The van der Waals surface area contributed by atoms with E-state index in [9.17, 15) is 18.0 Å². The van der Waals surface area contributed by atoms with E-state index in [1.165, 1.54) is 11.3 Å². The number of nitrogens with one attached hydrogen (secondary N) is 2. The first-order chi connectivity index (χ1) is 13.3. The van der Waals surface area contributed by atoms with E-state index in [1.54, 1.807) is 17.5 Å². The standard InChI is InChI=1S/C20H16F3N3OS/c1-11(12-6-3-2-4-7-12)18-25-16-13(14-8-5-9-28-14)10-15(20(21,22)23)24-17(16)19(27)26-18/h2-11,18,25H,1H3,(H,26,27)/t11-,18+/m0/s1. The van der Waals surface area contributed by atoms with Crippen molar-refractivity contribution in [2.45, 2.75) is 25.2 Å². The molecule has 1 amide bonds.